The first-order valence-electron chi connectivity index (χ1n) is 7.77. The summed E-state index contributed by atoms with van der Waals surface area (Å²) in [5.41, 5.74) is 6.56. The van der Waals surface area contributed by atoms with E-state index in [-0.39, 0.29) is 35.5 Å². The molecule has 1 unspecified atom stereocenters. The molecule has 1 atom stereocenters. The Labute approximate surface area is 143 Å². The largest absolute Gasteiger partial charge is 0.381 e. The minimum Gasteiger partial charge on any atom is -0.381 e. The van der Waals surface area contributed by atoms with Gasteiger partial charge in [0.25, 0.3) is 0 Å². The molecule has 0 bridgehead atoms. The number of nitrogens with one attached hydrogen (secondary N) is 1. The van der Waals surface area contributed by atoms with Crippen LogP contribution in [0.25, 0.3) is 0 Å². The molecule has 3 N–H and O–H groups in total. The quantitative estimate of drug-likeness (QED) is 0.862. The normalized spacial score (nSPS) is 17.2. The molecule has 6 heteroatoms. The lowest BCUT2D eigenvalue weighted by atomic mass is 9.84. The maximum Gasteiger partial charge on any atom is 0.237 e. The van der Waals surface area contributed by atoms with Crippen LogP contribution >= 0.6 is 12.4 Å². The first-order chi connectivity index (χ1) is 10.4. The van der Waals surface area contributed by atoms with Gasteiger partial charge in [-0.15, -0.1) is 12.4 Å². The predicted molar refractivity (Wildman–Crippen MR) is 91.2 cm³/mol. The second-order valence-electron chi connectivity index (χ2n) is 6.59. The first kappa shape index (κ1) is 19.9. The molecule has 1 aromatic carbocycles. The molecular formula is C17H26ClFN2O2. The Bertz CT molecular complexity index is 519. The van der Waals surface area contributed by atoms with Crippen molar-refractivity contribution in [3.63, 3.8) is 0 Å². The maximum atomic E-state index is 13.3. The molecule has 1 heterocycles. The van der Waals surface area contributed by atoms with E-state index in [4.69, 9.17) is 10.5 Å². The minimum atomic E-state index is -0.507. The molecule has 1 aromatic rings. The van der Waals surface area contributed by atoms with E-state index in [9.17, 15) is 9.18 Å². The number of carbonyl (C=O) groups excluding carboxylic acids is 1. The van der Waals surface area contributed by atoms with Crippen LogP contribution in [0.2, 0.25) is 0 Å². The molecule has 1 saturated heterocycles. The highest BCUT2D eigenvalue weighted by Crippen LogP contribution is 2.23. The fraction of sp³-hybridized carbons (Fsp3) is 0.588. The highest BCUT2D eigenvalue weighted by molar-refractivity contribution is 5.85. The lowest BCUT2D eigenvalue weighted by Crippen LogP contribution is -2.49. The number of halogens is 2. The van der Waals surface area contributed by atoms with Crippen molar-refractivity contribution in [1.82, 2.24) is 5.32 Å². The summed E-state index contributed by atoms with van der Waals surface area (Å²) in [7, 11) is 0. The fourth-order valence-corrected chi connectivity index (χ4v) is 2.73. The van der Waals surface area contributed by atoms with Crippen LogP contribution in [-0.4, -0.2) is 31.7 Å². The molecule has 1 amide bonds. The Hall–Kier alpha value is -1.17. The van der Waals surface area contributed by atoms with Crippen LogP contribution < -0.4 is 11.1 Å². The van der Waals surface area contributed by atoms with Crippen LogP contribution in [-0.2, 0) is 14.9 Å². The average Bonchev–Trinajstić information content (AvgIpc) is 2.53. The molecule has 4 nitrogen and oxygen atoms in total. The highest BCUT2D eigenvalue weighted by atomic mass is 35.5. The molecule has 130 valence electrons. The third kappa shape index (κ3) is 5.44. The summed E-state index contributed by atoms with van der Waals surface area (Å²) in [6, 6.07) is 5.96. The molecule has 2 rings (SSSR count). The Morgan fingerprint density at radius 3 is 2.70 bits per heavy atom. The van der Waals surface area contributed by atoms with Crippen molar-refractivity contribution >= 4 is 18.3 Å². The smallest absolute Gasteiger partial charge is 0.237 e. The highest BCUT2D eigenvalue weighted by Gasteiger charge is 2.28. The van der Waals surface area contributed by atoms with Crippen molar-refractivity contribution in [2.75, 3.05) is 19.8 Å². The van der Waals surface area contributed by atoms with Crippen molar-refractivity contribution in [2.45, 2.75) is 38.1 Å². The number of benzene rings is 1. The summed E-state index contributed by atoms with van der Waals surface area (Å²) in [6.07, 6.45) is 1.64. The lowest BCUT2D eigenvalue weighted by molar-refractivity contribution is -0.124. The summed E-state index contributed by atoms with van der Waals surface area (Å²) in [5, 5.41) is 2.91. The van der Waals surface area contributed by atoms with Crippen molar-refractivity contribution in [3.8, 4) is 0 Å². The third-order valence-electron chi connectivity index (χ3n) is 4.39. The molecule has 0 saturated carbocycles. The van der Waals surface area contributed by atoms with E-state index in [2.05, 4.69) is 5.32 Å². The Morgan fingerprint density at radius 2 is 2.09 bits per heavy atom. The van der Waals surface area contributed by atoms with Gasteiger partial charge in [-0.3, -0.25) is 4.79 Å². The number of carbonyl (C=O) groups is 1. The summed E-state index contributed by atoms with van der Waals surface area (Å²) < 4.78 is 18.6. The molecule has 1 aliphatic rings. The summed E-state index contributed by atoms with van der Waals surface area (Å²) >= 11 is 0. The predicted octanol–water partition coefficient (Wildman–Crippen LogP) is 2.40. The number of amides is 1. The van der Waals surface area contributed by atoms with E-state index < -0.39 is 6.04 Å². The van der Waals surface area contributed by atoms with E-state index in [1.807, 2.05) is 19.9 Å². The zero-order valence-electron chi connectivity index (χ0n) is 13.7. The molecule has 1 fully saturated rings. The fourth-order valence-electron chi connectivity index (χ4n) is 2.73. The average molecular weight is 345 g/mol. The molecule has 1 aliphatic heterocycles. The van der Waals surface area contributed by atoms with Gasteiger partial charge < -0.3 is 15.8 Å². The van der Waals surface area contributed by atoms with Crippen LogP contribution in [0.15, 0.2) is 24.3 Å². The van der Waals surface area contributed by atoms with Crippen molar-refractivity contribution in [1.29, 1.82) is 0 Å². The van der Waals surface area contributed by atoms with Gasteiger partial charge in [-0.05, 0) is 36.5 Å². The topological polar surface area (TPSA) is 64.4 Å². The Morgan fingerprint density at radius 1 is 1.43 bits per heavy atom. The van der Waals surface area contributed by atoms with Crippen LogP contribution in [0.1, 0.15) is 32.3 Å². The van der Waals surface area contributed by atoms with E-state index in [0.29, 0.717) is 19.8 Å². The van der Waals surface area contributed by atoms with Gasteiger partial charge >= 0.3 is 0 Å². The second kappa shape index (κ2) is 8.62. The van der Waals surface area contributed by atoms with E-state index in [1.165, 1.54) is 12.1 Å². The van der Waals surface area contributed by atoms with Gasteiger partial charge in [0.15, 0.2) is 0 Å². The molecule has 0 spiro atoms. The van der Waals surface area contributed by atoms with Gasteiger partial charge in [0.1, 0.15) is 5.82 Å². The summed E-state index contributed by atoms with van der Waals surface area (Å²) in [4.78, 5) is 12.2. The van der Waals surface area contributed by atoms with Crippen LogP contribution in [0, 0.1) is 11.7 Å². The molecule has 0 aromatic heterocycles. The summed E-state index contributed by atoms with van der Waals surface area (Å²) in [5.74, 6) is -0.238. The third-order valence-corrected chi connectivity index (χ3v) is 4.39. The minimum absolute atomic E-state index is 0. The van der Waals surface area contributed by atoms with Crippen molar-refractivity contribution in [3.05, 3.63) is 35.6 Å². The monoisotopic (exact) mass is 344 g/mol. The molecular weight excluding hydrogens is 319 g/mol. The van der Waals surface area contributed by atoms with E-state index >= 15 is 0 Å². The van der Waals surface area contributed by atoms with E-state index in [1.54, 1.807) is 6.07 Å². The SMILES string of the molecule is CC(C)(CNC(=O)C(N)C1CCOCC1)c1cccc(F)c1.Cl. The number of nitrogens with two attached hydrogens (primary N) is 1. The van der Waals surface area contributed by atoms with Gasteiger partial charge in [0, 0.05) is 25.2 Å². The standard InChI is InChI=1S/C17H25FN2O2.ClH/c1-17(2,13-4-3-5-14(18)10-13)11-20-16(21)15(19)12-6-8-22-9-7-12;/h3-5,10,12,15H,6-9,11,19H2,1-2H3,(H,20,21);1H. The molecule has 0 radical (unpaired) electrons. The molecule has 23 heavy (non-hydrogen) atoms. The maximum absolute atomic E-state index is 13.3. The van der Waals surface area contributed by atoms with Crippen LogP contribution in [0.3, 0.4) is 0 Å². The van der Waals surface area contributed by atoms with Crippen LogP contribution in [0.5, 0.6) is 0 Å². The number of rotatable bonds is 5. The zero-order chi connectivity index (χ0) is 16.2. The summed E-state index contributed by atoms with van der Waals surface area (Å²) in [6.45, 7) is 5.71. The molecule has 0 aliphatic carbocycles. The van der Waals surface area contributed by atoms with Crippen molar-refractivity contribution in [2.24, 2.45) is 11.7 Å². The van der Waals surface area contributed by atoms with Crippen molar-refractivity contribution < 1.29 is 13.9 Å². The van der Waals surface area contributed by atoms with Gasteiger partial charge in [0.2, 0.25) is 5.91 Å². The van der Waals surface area contributed by atoms with E-state index in [0.717, 1.165) is 18.4 Å². The lowest BCUT2D eigenvalue weighted by Gasteiger charge is -2.29. The Balaban J connectivity index is 0.00000264. The van der Waals surface area contributed by atoms with Gasteiger partial charge in [-0.2, -0.15) is 0 Å². The van der Waals surface area contributed by atoms with Crippen LogP contribution in [0.4, 0.5) is 4.39 Å². The van der Waals surface area contributed by atoms with Gasteiger partial charge in [-0.25, -0.2) is 4.39 Å². The second-order valence-corrected chi connectivity index (χ2v) is 6.59. The van der Waals surface area contributed by atoms with Gasteiger partial charge in [-0.1, -0.05) is 26.0 Å². The number of hydrogen-bond donors (Lipinski definition) is 2. The Kier molecular flexibility index (Phi) is 7.45. The van der Waals surface area contributed by atoms with Gasteiger partial charge in [0.05, 0.1) is 6.04 Å². The number of hydrogen-bond acceptors (Lipinski definition) is 3. The zero-order valence-corrected chi connectivity index (χ0v) is 14.5. The first-order valence-corrected chi connectivity index (χ1v) is 7.77. The number of ether oxygens (including phenoxy) is 1.